The molecule has 0 fully saturated rings. The van der Waals surface area contributed by atoms with E-state index in [0.717, 1.165) is 77.0 Å². The van der Waals surface area contributed by atoms with Crippen molar-refractivity contribution in [1.82, 2.24) is 4.90 Å². The van der Waals surface area contributed by atoms with Gasteiger partial charge in [0.15, 0.2) is 11.5 Å². The maximum Gasteiger partial charge on any atom is 0.253 e. The molecule has 10 heteroatoms. The molecule has 0 aliphatic rings. The predicted molar refractivity (Wildman–Crippen MR) is 163 cm³/mol. The van der Waals surface area contributed by atoms with Crippen molar-refractivity contribution >= 4 is 5.91 Å². The molecule has 0 saturated carbocycles. The molecule has 0 unspecified atom stereocenters. The number of hydrogen-bond donors (Lipinski definition) is 5. The van der Waals surface area contributed by atoms with Gasteiger partial charge in [-0.1, -0.05) is 78.6 Å². The van der Waals surface area contributed by atoms with E-state index in [9.17, 15) is 25.2 Å². The summed E-state index contributed by atoms with van der Waals surface area (Å²) in [5, 5.41) is 49.2. The molecule has 0 saturated heterocycles. The second-order valence-electron chi connectivity index (χ2n) is 11.0. The lowest BCUT2D eigenvalue weighted by Gasteiger charge is -2.28. The number of hydrogen-bond acceptors (Lipinski definition) is 9. The quantitative estimate of drug-likeness (QED) is 0.105. The second-order valence-corrected chi connectivity index (χ2v) is 11.0. The number of carbonyl (C=O) groups excluding carboxylic acids is 1. The molecule has 10 nitrogen and oxygen atoms in total. The van der Waals surface area contributed by atoms with Gasteiger partial charge in [0.05, 0.1) is 26.4 Å². The van der Waals surface area contributed by atoms with Crippen LogP contribution in [0.5, 0.6) is 17.2 Å². The summed E-state index contributed by atoms with van der Waals surface area (Å²) >= 11 is 0. The summed E-state index contributed by atoms with van der Waals surface area (Å²) in [7, 11) is 1.46. The van der Waals surface area contributed by atoms with Crippen LogP contribution in [0.3, 0.4) is 0 Å². The standard InChI is InChI=1S/C32H57NO9/c1-5-8-11-14-17-40-27-20-24(32(39)33(4)22-25(35)29(37)30(38)26(36)23-34)21-28(41-18-15-12-9-6-2)31(27)42-19-16-13-10-7-3/h20-21,25-26,29-30,34-38H,5-19,22-23H2,1-4H3/t25-,26+,29+,30+/m0/s1. The summed E-state index contributed by atoms with van der Waals surface area (Å²) in [6, 6.07) is 3.24. The van der Waals surface area contributed by atoms with Crippen molar-refractivity contribution in [2.75, 3.05) is 40.0 Å². The van der Waals surface area contributed by atoms with Crippen LogP contribution in [0.25, 0.3) is 0 Å². The lowest BCUT2D eigenvalue weighted by molar-refractivity contribution is -0.117. The molecular formula is C32H57NO9. The van der Waals surface area contributed by atoms with Crippen molar-refractivity contribution in [3.05, 3.63) is 17.7 Å². The van der Waals surface area contributed by atoms with E-state index in [1.807, 2.05) is 0 Å². The fourth-order valence-electron chi connectivity index (χ4n) is 4.44. The summed E-state index contributed by atoms with van der Waals surface area (Å²) in [6.07, 6.45) is 5.67. The molecule has 244 valence electrons. The molecule has 0 radical (unpaired) electrons. The molecule has 4 atom stereocenters. The summed E-state index contributed by atoms with van der Waals surface area (Å²) in [6.45, 7) is 6.76. The van der Waals surface area contributed by atoms with E-state index >= 15 is 0 Å². The van der Waals surface area contributed by atoms with Gasteiger partial charge in [-0.2, -0.15) is 0 Å². The topological polar surface area (TPSA) is 149 Å². The van der Waals surface area contributed by atoms with Gasteiger partial charge in [0, 0.05) is 19.2 Å². The third-order valence-electron chi connectivity index (χ3n) is 7.16. The highest BCUT2D eigenvalue weighted by molar-refractivity contribution is 5.95. The summed E-state index contributed by atoms with van der Waals surface area (Å²) in [5.74, 6) is 0.867. The number of nitrogens with zero attached hydrogens (tertiary/aromatic N) is 1. The van der Waals surface area contributed by atoms with E-state index in [0.29, 0.717) is 37.1 Å². The molecule has 5 N–H and O–H groups in total. The van der Waals surface area contributed by atoms with Crippen molar-refractivity contribution < 1.29 is 44.5 Å². The molecule has 0 aliphatic carbocycles. The Labute approximate surface area is 252 Å². The fraction of sp³-hybridized carbons (Fsp3) is 0.781. The number of likely N-dealkylation sites (N-methyl/N-ethyl adjacent to an activating group) is 1. The molecule has 0 spiro atoms. The van der Waals surface area contributed by atoms with Crippen molar-refractivity contribution in [2.24, 2.45) is 0 Å². The fourth-order valence-corrected chi connectivity index (χ4v) is 4.44. The second kappa shape index (κ2) is 22.4. The maximum atomic E-state index is 13.5. The van der Waals surface area contributed by atoms with Gasteiger partial charge in [-0.25, -0.2) is 0 Å². The Bertz CT molecular complexity index is 818. The Morgan fingerprint density at radius 3 is 1.55 bits per heavy atom. The molecule has 0 aliphatic heterocycles. The zero-order chi connectivity index (χ0) is 31.3. The zero-order valence-electron chi connectivity index (χ0n) is 26.3. The van der Waals surface area contributed by atoms with E-state index in [1.165, 1.54) is 11.9 Å². The van der Waals surface area contributed by atoms with Crippen LogP contribution in [0.2, 0.25) is 0 Å². The van der Waals surface area contributed by atoms with Crippen molar-refractivity contribution in [2.45, 2.75) is 122 Å². The minimum absolute atomic E-state index is 0.264. The number of aliphatic hydroxyl groups is 5. The number of unbranched alkanes of at least 4 members (excludes halogenated alkanes) is 9. The minimum Gasteiger partial charge on any atom is -0.490 e. The van der Waals surface area contributed by atoms with Crippen LogP contribution in [-0.4, -0.2) is 101 Å². The molecule has 42 heavy (non-hydrogen) atoms. The van der Waals surface area contributed by atoms with Gasteiger partial charge in [0.1, 0.15) is 24.4 Å². The first kappa shape index (κ1) is 37.9. The lowest BCUT2D eigenvalue weighted by atomic mass is 10.0. The van der Waals surface area contributed by atoms with E-state index in [2.05, 4.69) is 20.8 Å². The average Bonchev–Trinajstić information content (AvgIpc) is 2.99. The van der Waals surface area contributed by atoms with E-state index in [-0.39, 0.29) is 12.1 Å². The van der Waals surface area contributed by atoms with Crippen LogP contribution in [0.1, 0.15) is 108 Å². The maximum absolute atomic E-state index is 13.5. The van der Waals surface area contributed by atoms with Crippen LogP contribution in [0, 0.1) is 0 Å². The highest BCUT2D eigenvalue weighted by Gasteiger charge is 2.32. The number of benzene rings is 1. The van der Waals surface area contributed by atoms with Gasteiger partial charge in [-0.15, -0.1) is 0 Å². The van der Waals surface area contributed by atoms with Crippen molar-refractivity contribution in [3.63, 3.8) is 0 Å². The Balaban J connectivity index is 3.23. The van der Waals surface area contributed by atoms with Gasteiger partial charge in [-0.05, 0) is 31.4 Å². The van der Waals surface area contributed by atoms with Gasteiger partial charge >= 0.3 is 0 Å². The third kappa shape index (κ3) is 13.9. The number of ether oxygens (including phenoxy) is 3. The molecular weight excluding hydrogens is 542 g/mol. The lowest BCUT2D eigenvalue weighted by Crippen LogP contribution is -2.49. The highest BCUT2D eigenvalue weighted by Crippen LogP contribution is 2.40. The average molecular weight is 600 g/mol. The first-order valence-corrected chi connectivity index (χ1v) is 15.9. The van der Waals surface area contributed by atoms with E-state index in [1.54, 1.807) is 12.1 Å². The molecule has 0 heterocycles. The predicted octanol–water partition coefficient (Wildman–Crippen LogP) is 4.07. The van der Waals surface area contributed by atoms with Crippen LogP contribution >= 0.6 is 0 Å². The summed E-state index contributed by atoms with van der Waals surface area (Å²) in [5.41, 5.74) is 0.264. The van der Waals surface area contributed by atoms with Gasteiger partial charge in [-0.3, -0.25) is 4.79 Å². The van der Waals surface area contributed by atoms with Gasteiger partial charge in [0.25, 0.3) is 5.91 Å². The van der Waals surface area contributed by atoms with Crippen molar-refractivity contribution in [1.29, 1.82) is 0 Å². The highest BCUT2D eigenvalue weighted by atomic mass is 16.5. The van der Waals surface area contributed by atoms with Gasteiger partial charge < -0.3 is 44.6 Å². The van der Waals surface area contributed by atoms with Crippen LogP contribution in [0.15, 0.2) is 12.1 Å². The van der Waals surface area contributed by atoms with E-state index in [4.69, 9.17) is 19.3 Å². The zero-order valence-corrected chi connectivity index (χ0v) is 26.3. The molecule has 1 aromatic carbocycles. The minimum atomic E-state index is -1.78. The molecule has 0 aromatic heterocycles. The van der Waals surface area contributed by atoms with Crippen LogP contribution in [0.4, 0.5) is 0 Å². The third-order valence-corrected chi connectivity index (χ3v) is 7.16. The number of amides is 1. The van der Waals surface area contributed by atoms with E-state index < -0.39 is 36.9 Å². The first-order valence-electron chi connectivity index (χ1n) is 15.9. The largest absolute Gasteiger partial charge is 0.490 e. The van der Waals surface area contributed by atoms with Crippen LogP contribution in [-0.2, 0) is 0 Å². The molecule has 1 amide bonds. The normalized spacial score (nSPS) is 14.2. The van der Waals surface area contributed by atoms with Gasteiger partial charge in [0.2, 0.25) is 5.75 Å². The number of aliphatic hydroxyl groups excluding tert-OH is 5. The smallest absolute Gasteiger partial charge is 0.253 e. The summed E-state index contributed by atoms with van der Waals surface area (Å²) < 4.78 is 18.5. The number of carbonyl (C=O) groups is 1. The summed E-state index contributed by atoms with van der Waals surface area (Å²) in [4.78, 5) is 14.7. The Hall–Kier alpha value is -2.11. The molecule has 1 aromatic rings. The first-order chi connectivity index (χ1) is 20.2. The molecule has 0 bridgehead atoms. The molecule has 1 rings (SSSR count). The Morgan fingerprint density at radius 2 is 1.12 bits per heavy atom. The Kier molecular flexibility index (Phi) is 20.2. The van der Waals surface area contributed by atoms with Crippen LogP contribution < -0.4 is 14.2 Å². The monoisotopic (exact) mass is 599 g/mol. The Morgan fingerprint density at radius 1 is 0.690 bits per heavy atom. The SMILES string of the molecule is CCCCCCOc1cc(C(=O)N(C)C[C@H](O)[C@@H](O)[C@H](O)[C@H](O)CO)cc(OCCCCCC)c1OCCCCCC. The van der Waals surface area contributed by atoms with Crippen molar-refractivity contribution in [3.8, 4) is 17.2 Å². The number of rotatable bonds is 25.